The van der Waals surface area contributed by atoms with Crippen molar-refractivity contribution in [3.63, 3.8) is 0 Å². The average molecular weight is 351 g/mol. The molecule has 1 saturated carbocycles. The minimum atomic E-state index is -0.203. The lowest BCUT2D eigenvalue weighted by molar-refractivity contribution is -0.117. The molecule has 1 N–H and O–H groups in total. The van der Waals surface area contributed by atoms with Gasteiger partial charge in [-0.1, -0.05) is 19.8 Å². The van der Waals surface area contributed by atoms with Crippen LogP contribution in [0, 0.1) is 11.3 Å². The molecule has 1 fully saturated rings. The predicted octanol–water partition coefficient (Wildman–Crippen LogP) is 2.21. The van der Waals surface area contributed by atoms with Crippen molar-refractivity contribution < 1.29 is 4.79 Å². The average Bonchev–Trinajstić information content (AvgIpc) is 3.32. The van der Waals surface area contributed by atoms with E-state index < -0.39 is 0 Å². The van der Waals surface area contributed by atoms with Crippen LogP contribution in [0.5, 0.6) is 0 Å². The molecule has 1 aliphatic carbocycles. The van der Waals surface area contributed by atoms with Gasteiger partial charge in [0.1, 0.15) is 18.1 Å². The maximum Gasteiger partial charge on any atom is 0.247 e. The van der Waals surface area contributed by atoms with Gasteiger partial charge in [0.15, 0.2) is 5.82 Å². The molecule has 1 aliphatic heterocycles. The zero-order valence-corrected chi connectivity index (χ0v) is 14.7. The lowest BCUT2D eigenvalue weighted by Crippen LogP contribution is -2.52. The third-order valence-corrected chi connectivity index (χ3v) is 5.13. The topological polar surface area (TPSA) is 99.7 Å². The second-order valence-corrected chi connectivity index (χ2v) is 6.77. The van der Waals surface area contributed by atoms with Crippen LogP contribution in [0.3, 0.4) is 0 Å². The molecule has 2 aliphatic rings. The van der Waals surface area contributed by atoms with Crippen LogP contribution in [0.25, 0.3) is 5.95 Å². The number of rotatable bonds is 4. The first-order valence-corrected chi connectivity index (χ1v) is 9.07. The molecular formula is C18H21N7O. The fourth-order valence-corrected chi connectivity index (χ4v) is 3.90. The van der Waals surface area contributed by atoms with Gasteiger partial charge in [0.2, 0.25) is 11.9 Å². The fraction of sp³-hybridized carbons (Fsp3) is 0.500. The number of amides is 1. The third kappa shape index (κ3) is 2.79. The van der Waals surface area contributed by atoms with Crippen molar-refractivity contribution >= 4 is 17.4 Å². The van der Waals surface area contributed by atoms with Crippen LogP contribution < -0.4 is 10.2 Å². The van der Waals surface area contributed by atoms with Crippen LogP contribution in [-0.2, 0) is 11.2 Å². The summed E-state index contributed by atoms with van der Waals surface area (Å²) in [7, 11) is 0. The number of nitrogens with zero attached hydrogens (tertiary/aromatic N) is 6. The van der Waals surface area contributed by atoms with E-state index in [0.29, 0.717) is 23.4 Å². The second-order valence-electron chi connectivity index (χ2n) is 6.77. The van der Waals surface area contributed by atoms with E-state index in [0.717, 1.165) is 25.1 Å². The number of aromatic nitrogens is 4. The van der Waals surface area contributed by atoms with E-state index in [-0.39, 0.29) is 18.4 Å². The van der Waals surface area contributed by atoms with E-state index in [1.165, 1.54) is 12.8 Å². The molecule has 134 valence electrons. The van der Waals surface area contributed by atoms with E-state index in [2.05, 4.69) is 26.3 Å². The Labute approximate surface area is 151 Å². The molecule has 0 spiro atoms. The summed E-state index contributed by atoms with van der Waals surface area (Å²) in [5.74, 6) is 1.29. The number of anilines is 2. The molecule has 3 heterocycles. The Morgan fingerprint density at radius 3 is 2.88 bits per heavy atom. The first-order valence-electron chi connectivity index (χ1n) is 9.07. The normalized spacial score (nSPS) is 19.9. The smallest absolute Gasteiger partial charge is 0.247 e. The van der Waals surface area contributed by atoms with Gasteiger partial charge in [-0.3, -0.25) is 9.36 Å². The number of hydrogen-bond acceptors (Lipinski definition) is 6. The van der Waals surface area contributed by atoms with Crippen molar-refractivity contribution in [3.05, 3.63) is 24.4 Å². The van der Waals surface area contributed by atoms with Crippen LogP contribution in [0.4, 0.5) is 11.5 Å². The Bertz CT molecular complexity index is 863. The van der Waals surface area contributed by atoms with Gasteiger partial charge in [-0.2, -0.15) is 10.2 Å². The first kappa shape index (κ1) is 16.5. The van der Waals surface area contributed by atoms with Gasteiger partial charge in [-0.05, 0) is 19.3 Å². The summed E-state index contributed by atoms with van der Waals surface area (Å²) in [4.78, 5) is 28.1. The fourth-order valence-electron chi connectivity index (χ4n) is 3.90. The molecule has 1 amide bonds. The summed E-state index contributed by atoms with van der Waals surface area (Å²) in [5.41, 5.74) is 1.34. The number of imidazole rings is 1. The number of fused-ring (bicyclic) bond motifs is 1. The Hall–Kier alpha value is -2.95. The Morgan fingerprint density at radius 2 is 2.15 bits per heavy atom. The molecule has 4 rings (SSSR count). The molecule has 0 saturated heterocycles. The molecule has 8 heteroatoms. The van der Waals surface area contributed by atoms with Gasteiger partial charge >= 0.3 is 0 Å². The Kier molecular flexibility index (Phi) is 4.29. The molecule has 1 atom stereocenters. The number of carbonyl (C=O) groups excluding carboxylic acids is 1. The molecular weight excluding hydrogens is 330 g/mol. The summed E-state index contributed by atoms with van der Waals surface area (Å²) >= 11 is 0. The van der Waals surface area contributed by atoms with Crippen LogP contribution >= 0.6 is 0 Å². The first-order chi connectivity index (χ1) is 12.7. The van der Waals surface area contributed by atoms with Crippen LogP contribution in [0.2, 0.25) is 0 Å². The minimum Gasteiger partial charge on any atom is -0.340 e. The van der Waals surface area contributed by atoms with Crippen molar-refractivity contribution in [3.8, 4) is 12.0 Å². The highest BCUT2D eigenvalue weighted by Gasteiger charge is 2.38. The largest absolute Gasteiger partial charge is 0.340 e. The van der Waals surface area contributed by atoms with Gasteiger partial charge in [0, 0.05) is 12.2 Å². The molecule has 0 bridgehead atoms. The maximum absolute atomic E-state index is 12.5. The molecule has 0 aromatic carbocycles. The lowest BCUT2D eigenvalue weighted by atomic mass is 10.0. The summed E-state index contributed by atoms with van der Waals surface area (Å²) in [5, 5.41) is 11.8. The Morgan fingerprint density at radius 1 is 1.35 bits per heavy atom. The van der Waals surface area contributed by atoms with E-state index in [9.17, 15) is 4.79 Å². The van der Waals surface area contributed by atoms with Gasteiger partial charge in [-0.25, -0.2) is 9.97 Å². The third-order valence-electron chi connectivity index (χ3n) is 5.13. The highest BCUT2D eigenvalue weighted by atomic mass is 16.2. The standard InChI is InChI=1S/C18H21N7O/c1-2-15-17(26)22-14-9-20-18(24-10-12(7-8-19)21-11-24)23-16(14)25(15)13-5-3-4-6-13/h9-11,13,15H,2-7H2,1H3,(H,22,26). The van der Waals surface area contributed by atoms with Crippen molar-refractivity contribution in [2.24, 2.45) is 0 Å². The summed E-state index contributed by atoms with van der Waals surface area (Å²) in [6, 6.07) is 2.22. The molecule has 8 nitrogen and oxygen atoms in total. The van der Waals surface area contributed by atoms with Crippen LogP contribution in [-0.4, -0.2) is 37.5 Å². The van der Waals surface area contributed by atoms with E-state index in [1.54, 1.807) is 23.3 Å². The molecule has 0 radical (unpaired) electrons. The van der Waals surface area contributed by atoms with Crippen molar-refractivity contribution in [2.75, 3.05) is 10.2 Å². The van der Waals surface area contributed by atoms with Crippen LogP contribution in [0.15, 0.2) is 18.7 Å². The number of nitrogens with one attached hydrogen (secondary N) is 1. The highest BCUT2D eigenvalue weighted by molar-refractivity contribution is 6.02. The van der Waals surface area contributed by atoms with Crippen molar-refractivity contribution in [1.29, 1.82) is 5.26 Å². The van der Waals surface area contributed by atoms with Crippen LogP contribution in [0.1, 0.15) is 44.7 Å². The molecule has 26 heavy (non-hydrogen) atoms. The van der Waals surface area contributed by atoms with E-state index in [1.807, 2.05) is 6.92 Å². The molecule has 2 aromatic rings. The quantitative estimate of drug-likeness (QED) is 0.906. The number of carbonyl (C=O) groups is 1. The summed E-state index contributed by atoms with van der Waals surface area (Å²) in [6.45, 7) is 2.03. The van der Waals surface area contributed by atoms with Crippen molar-refractivity contribution in [1.82, 2.24) is 19.5 Å². The van der Waals surface area contributed by atoms with Gasteiger partial charge in [0.25, 0.3) is 0 Å². The summed E-state index contributed by atoms with van der Waals surface area (Å²) in [6.07, 6.45) is 10.6. The number of hydrogen-bond donors (Lipinski definition) is 1. The zero-order valence-electron chi connectivity index (χ0n) is 14.7. The highest BCUT2D eigenvalue weighted by Crippen LogP contribution is 2.37. The monoisotopic (exact) mass is 351 g/mol. The summed E-state index contributed by atoms with van der Waals surface area (Å²) < 4.78 is 1.72. The molecule has 1 unspecified atom stereocenters. The maximum atomic E-state index is 12.5. The molecule has 2 aromatic heterocycles. The zero-order chi connectivity index (χ0) is 18.1. The van der Waals surface area contributed by atoms with E-state index >= 15 is 0 Å². The van der Waals surface area contributed by atoms with E-state index in [4.69, 9.17) is 10.2 Å². The lowest BCUT2D eigenvalue weighted by Gasteiger charge is -2.40. The van der Waals surface area contributed by atoms with Gasteiger partial charge < -0.3 is 10.2 Å². The van der Waals surface area contributed by atoms with Crippen molar-refractivity contribution in [2.45, 2.75) is 57.5 Å². The van der Waals surface area contributed by atoms with Gasteiger partial charge in [0.05, 0.1) is 24.4 Å². The SMILES string of the molecule is CCC1C(=O)Nc2cnc(-n3cnc(CC#N)c3)nc2N1C1CCCC1. The van der Waals surface area contributed by atoms with Gasteiger partial charge in [-0.15, -0.1) is 0 Å². The second kappa shape index (κ2) is 6.75. The number of nitriles is 1. The minimum absolute atomic E-state index is 0.0159. The Balaban J connectivity index is 1.75. The predicted molar refractivity (Wildman–Crippen MR) is 95.9 cm³/mol.